The van der Waals surface area contributed by atoms with E-state index in [0.29, 0.717) is 46.9 Å². The molecule has 0 bridgehead atoms. The third kappa shape index (κ3) is 3.92. The van der Waals surface area contributed by atoms with Gasteiger partial charge in [-0.2, -0.15) is 9.97 Å². The summed E-state index contributed by atoms with van der Waals surface area (Å²) < 4.78 is 3.05. The number of fused-ring (bicyclic) bond motifs is 2. The predicted molar refractivity (Wildman–Crippen MR) is 136 cm³/mol. The standard InChI is InChI=1S/C25H21N9O3/c1-26-22-18-4-2-3-5-19(18)34(30-22)24-21-23(27-15-33(21)14-20(36)37)28-25(29-24)32-12-10-31(11-13-32)16-6-8-17(35)9-7-16/h2-9,15,35H,10-14H2,(H,36,37). The van der Waals surface area contributed by atoms with E-state index in [1.165, 1.54) is 10.9 Å². The van der Waals surface area contributed by atoms with E-state index in [4.69, 9.17) is 11.6 Å². The predicted octanol–water partition coefficient (Wildman–Crippen LogP) is 2.83. The van der Waals surface area contributed by atoms with E-state index in [9.17, 15) is 15.0 Å². The van der Waals surface area contributed by atoms with Crippen molar-refractivity contribution in [2.24, 2.45) is 0 Å². The molecule has 0 amide bonds. The Balaban J connectivity index is 1.43. The van der Waals surface area contributed by atoms with Crippen LogP contribution in [0, 0.1) is 6.57 Å². The van der Waals surface area contributed by atoms with Gasteiger partial charge in [0.1, 0.15) is 17.8 Å². The molecule has 37 heavy (non-hydrogen) atoms. The maximum Gasteiger partial charge on any atom is 0.323 e. The van der Waals surface area contributed by atoms with Crippen molar-refractivity contribution in [3.05, 3.63) is 66.3 Å². The van der Waals surface area contributed by atoms with Gasteiger partial charge in [-0.25, -0.2) is 4.98 Å². The zero-order valence-corrected chi connectivity index (χ0v) is 19.6. The number of aromatic nitrogens is 6. The lowest BCUT2D eigenvalue weighted by molar-refractivity contribution is -0.137. The second kappa shape index (κ2) is 8.80. The first-order valence-electron chi connectivity index (χ1n) is 11.6. The lowest BCUT2D eigenvalue weighted by atomic mass is 10.2. The van der Waals surface area contributed by atoms with E-state index in [2.05, 4.69) is 29.7 Å². The first-order chi connectivity index (χ1) is 18.0. The molecule has 4 heterocycles. The number of carboxylic acids is 1. The van der Waals surface area contributed by atoms with Crippen molar-refractivity contribution in [1.82, 2.24) is 29.3 Å². The van der Waals surface area contributed by atoms with Crippen molar-refractivity contribution >= 4 is 45.5 Å². The maximum absolute atomic E-state index is 11.5. The second-order valence-corrected chi connectivity index (χ2v) is 8.64. The summed E-state index contributed by atoms with van der Waals surface area (Å²) in [6.45, 7) is 10.00. The van der Waals surface area contributed by atoms with Crippen LogP contribution in [0.5, 0.6) is 5.75 Å². The number of benzene rings is 2. The van der Waals surface area contributed by atoms with Crippen molar-refractivity contribution < 1.29 is 15.0 Å². The van der Waals surface area contributed by atoms with Crippen LogP contribution in [-0.2, 0) is 11.3 Å². The van der Waals surface area contributed by atoms with E-state index in [1.807, 2.05) is 36.4 Å². The molecule has 5 aromatic rings. The second-order valence-electron chi connectivity index (χ2n) is 8.64. The van der Waals surface area contributed by atoms with Gasteiger partial charge >= 0.3 is 11.8 Å². The molecule has 1 saturated heterocycles. The van der Waals surface area contributed by atoms with Crippen LogP contribution in [0.25, 0.3) is 32.7 Å². The van der Waals surface area contributed by atoms with Gasteiger partial charge in [0.2, 0.25) is 11.8 Å². The molecule has 2 aromatic carbocycles. The van der Waals surface area contributed by atoms with Crippen LogP contribution in [-0.4, -0.2) is 71.7 Å². The fourth-order valence-electron chi connectivity index (χ4n) is 4.63. The van der Waals surface area contributed by atoms with Gasteiger partial charge in [0.15, 0.2) is 5.65 Å². The van der Waals surface area contributed by atoms with E-state index in [-0.39, 0.29) is 18.1 Å². The van der Waals surface area contributed by atoms with Crippen LogP contribution < -0.4 is 9.80 Å². The first-order valence-corrected chi connectivity index (χ1v) is 11.6. The number of para-hydroxylation sites is 1. The third-order valence-electron chi connectivity index (χ3n) is 6.40. The molecule has 3 aromatic heterocycles. The summed E-state index contributed by atoms with van der Waals surface area (Å²) in [4.78, 5) is 33.3. The van der Waals surface area contributed by atoms with E-state index < -0.39 is 5.97 Å². The molecule has 184 valence electrons. The Labute approximate surface area is 210 Å². The Bertz CT molecular complexity index is 1680. The lowest BCUT2D eigenvalue weighted by Crippen LogP contribution is -2.47. The quantitative estimate of drug-likeness (QED) is 0.354. The van der Waals surface area contributed by atoms with Crippen molar-refractivity contribution in [3.8, 4) is 11.6 Å². The smallest absolute Gasteiger partial charge is 0.323 e. The van der Waals surface area contributed by atoms with Gasteiger partial charge in [-0.05, 0) is 35.4 Å². The van der Waals surface area contributed by atoms with Crippen LogP contribution >= 0.6 is 0 Å². The molecule has 1 aliphatic rings. The molecule has 0 radical (unpaired) electrons. The molecule has 12 nitrogen and oxygen atoms in total. The van der Waals surface area contributed by atoms with Gasteiger partial charge in [0.05, 0.1) is 11.8 Å². The molecule has 2 N–H and O–H groups in total. The first kappa shape index (κ1) is 22.3. The number of phenols is 1. The van der Waals surface area contributed by atoms with E-state index in [1.54, 1.807) is 16.8 Å². The minimum atomic E-state index is -1.02. The molecular formula is C25H21N9O3. The van der Waals surface area contributed by atoms with Crippen LogP contribution in [0.4, 0.5) is 17.5 Å². The Hall–Kier alpha value is -5.18. The average molecular weight is 496 g/mol. The van der Waals surface area contributed by atoms with Gasteiger partial charge in [-0.15, -0.1) is 4.68 Å². The number of anilines is 2. The number of imidazole rings is 1. The molecular weight excluding hydrogens is 474 g/mol. The number of piperazine rings is 1. The molecule has 12 heteroatoms. The van der Waals surface area contributed by atoms with Gasteiger partial charge in [0.25, 0.3) is 0 Å². The third-order valence-corrected chi connectivity index (χ3v) is 6.40. The van der Waals surface area contributed by atoms with Crippen molar-refractivity contribution in [2.75, 3.05) is 36.0 Å². The van der Waals surface area contributed by atoms with Crippen molar-refractivity contribution in [3.63, 3.8) is 0 Å². The summed E-state index contributed by atoms with van der Waals surface area (Å²) in [7, 11) is 0. The number of hydrogen-bond acceptors (Lipinski definition) is 8. The van der Waals surface area contributed by atoms with E-state index >= 15 is 0 Å². The molecule has 0 aliphatic carbocycles. The number of rotatable bonds is 5. The number of aromatic hydroxyl groups is 1. The molecule has 1 aliphatic heterocycles. The highest BCUT2D eigenvalue weighted by Crippen LogP contribution is 2.31. The highest BCUT2D eigenvalue weighted by atomic mass is 16.4. The number of carbonyl (C=O) groups is 1. The summed E-state index contributed by atoms with van der Waals surface area (Å²) in [5, 5.41) is 24.2. The fraction of sp³-hybridized carbons (Fsp3) is 0.200. The highest BCUT2D eigenvalue weighted by Gasteiger charge is 2.26. The van der Waals surface area contributed by atoms with Crippen molar-refractivity contribution in [2.45, 2.75) is 6.54 Å². The topological polar surface area (TPSA) is 130 Å². The van der Waals surface area contributed by atoms with Gasteiger partial charge < -0.3 is 29.4 Å². The Morgan fingerprint density at radius 1 is 1.00 bits per heavy atom. The number of nitrogens with zero attached hydrogens (tertiary/aromatic N) is 9. The summed E-state index contributed by atoms with van der Waals surface area (Å²) >= 11 is 0. The van der Waals surface area contributed by atoms with Crippen LogP contribution in [0.3, 0.4) is 0 Å². The zero-order chi connectivity index (χ0) is 25.5. The van der Waals surface area contributed by atoms with Crippen molar-refractivity contribution in [1.29, 1.82) is 0 Å². The van der Waals surface area contributed by atoms with E-state index in [0.717, 1.165) is 18.8 Å². The lowest BCUT2D eigenvalue weighted by Gasteiger charge is -2.36. The Morgan fingerprint density at radius 2 is 1.73 bits per heavy atom. The SMILES string of the molecule is [C-]#[N+]c1nn(-c2nc(N3CCN(c4ccc(O)cc4)CC3)nc3ncn(CC(=O)O)c23)c2ccccc12. The average Bonchev–Trinajstić information content (AvgIpc) is 3.50. The summed E-state index contributed by atoms with van der Waals surface area (Å²) in [6.07, 6.45) is 1.44. The largest absolute Gasteiger partial charge is 0.508 e. The summed E-state index contributed by atoms with van der Waals surface area (Å²) in [6, 6.07) is 14.5. The molecule has 1 fully saturated rings. The zero-order valence-electron chi connectivity index (χ0n) is 19.6. The number of phenolic OH excluding ortho intramolecular Hbond substituents is 1. The summed E-state index contributed by atoms with van der Waals surface area (Å²) in [5.74, 6) is 0.261. The molecule has 0 unspecified atom stereocenters. The Kier molecular flexibility index (Phi) is 5.30. The van der Waals surface area contributed by atoms with Gasteiger partial charge in [-0.1, -0.05) is 24.8 Å². The summed E-state index contributed by atoms with van der Waals surface area (Å²) in [5.41, 5.74) is 2.49. The minimum absolute atomic E-state index is 0.228. The Morgan fingerprint density at radius 3 is 2.46 bits per heavy atom. The monoisotopic (exact) mass is 495 g/mol. The van der Waals surface area contributed by atoms with Gasteiger partial charge in [-0.3, -0.25) is 4.79 Å². The number of hydrogen-bond donors (Lipinski definition) is 2. The fourth-order valence-corrected chi connectivity index (χ4v) is 4.63. The normalized spacial score (nSPS) is 13.8. The minimum Gasteiger partial charge on any atom is -0.508 e. The molecule has 0 saturated carbocycles. The highest BCUT2D eigenvalue weighted by molar-refractivity contribution is 5.93. The van der Waals surface area contributed by atoms with Crippen LogP contribution in [0.2, 0.25) is 0 Å². The van der Waals surface area contributed by atoms with Crippen LogP contribution in [0.1, 0.15) is 0 Å². The molecule has 0 atom stereocenters. The number of aliphatic carboxylic acids is 1. The molecule has 0 spiro atoms. The number of carboxylic acid groups (broad SMARTS) is 1. The maximum atomic E-state index is 11.5. The molecule has 6 rings (SSSR count). The van der Waals surface area contributed by atoms with Gasteiger partial charge in [0, 0.05) is 37.3 Å². The van der Waals surface area contributed by atoms with Crippen LogP contribution in [0.15, 0.2) is 54.9 Å².